The fourth-order valence-electron chi connectivity index (χ4n) is 4.24. The average molecular weight is 490 g/mol. The molecule has 0 spiro atoms. The number of likely N-dealkylation sites (tertiary alicyclic amines) is 1. The highest BCUT2D eigenvalue weighted by molar-refractivity contribution is 5.72. The molecule has 8 nitrogen and oxygen atoms in total. The van der Waals surface area contributed by atoms with Crippen molar-refractivity contribution in [3.05, 3.63) is 60.7 Å². The third-order valence-electron chi connectivity index (χ3n) is 6.03. The number of hydrogen-bond donors (Lipinski definition) is 1. The lowest BCUT2D eigenvalue weighted by molar-refractivity contribution is 0.238. The minimum atomic E-state index is 0.511. The Bertz CT molecular complexity index is 1250. The number of hydrogen-bond acceptors (Lipinski definition) is 7. The van der Waals surface area contributed by atoms with Gasteiger partial charge in [0, 0.05) is 17.8 Å². The molecular formula is C28H35N5O3. The van der Waals surface area contributed by atoms with Gasteiger partial charge < -0.3 is 19.5 Å². The summed E-state index contributed by atoms with van der Waals surface area (Å²) in [7, 11) is 3.30. The molecule has 0 aliphatic carbocycles. The molecule has 1 saturated heterocycles. The highest BCUT2D eigenvalue weighted by atomic mass is 16.5. The van der Waals surface area contributed by atoms with E-state index in [9.17, 15) is 0 Å². The third-order valence-corrected chi connectivity index (χ3v) is 6.03. The van der Waals surface area contributed by atoms with E-state index in [0.29, 0.717) is 12.6 Å². The van der Waals surface area contributed by atoms with Gasteiger partial charge in [-0.15, -0.1) is 5.10 Å². The fraction of sp³-hybridized carbons (Fsp3) is 0.357. The molecule has 1 N–H and O–H groups in total. The van der Waals surface area contributed by atoms with Gasteiger partial charge in [0.25, 0.3) is 0 Å². The SMILES string of the molecule is CC.COc1ccc(OC)c(-c2cccc3nc(Nc4ccc(OCCN5CCCC5)cc4)nn23)c1. The topological polar surface area (TPSA) is 73.2 Å². The van der Waals surface area contributed by atoms with Crippen LogP contribution in [0.4, 0.5) is 11.6 Å². The maximum Gasteiger partial charge on any atom is 0.247 e. The molecule has 5 rings (SSSR count). The van der Waals surface area contributed by atoms with Crippen LogP contribution in [-0.4, -0.2) is 60.0 Å². The van der Waals surface area contributed by atoms with Crippen LogP contribution in [0.5, 0.6) is 17.2 Å². The lowest BCUT2D eigenvalue weighted by Gasteiger charge is -2.15. The zero-order chi connectivity index (χ0) is 25.3. The summed E-state index contributed by atoms with van der Waals surface area (Å²) in [5.74, 6) is 2.85. The molecular weight excluding hydrogens is 454 g/mol. The van der Waals surface area contributed by atoms with E-state index in [1.807, 2.05) is 74.5 Å². The van der Waals surface area contributed by atoms with Crippen molar-refractivity contribution in [3.63, 3.8) is 0 Å². The van der Waals surface area contributed by atoms with E-state index in [-0.39, 0.29) is 0 Å². The first-order valence-corrected chi connectivity index (χ1v) is 12.5. The first-order chi connectivity index (χ1) is 17.7. The molecule has 0 unspecified atom stereocenters. The molecule has 190 valence electrons. The third kappa shape index (κ3) is 5.88. The summed E-state index contributed by atoms with van der Waals surface area (Å²) in [5.41, 5.74) is 3.35. The maximum absolute atomic E-state index is 5.90. The van der Waals surface area contributed by atoms with Gasteiger partial charge in [0.2, 0.25) is 5.95 Å². The Morgan fingerprint density at radius 1 is 0.889 bits per heavy atom. The number of methoxy groups -OCH3 is 2. The summed E-state index contributed by atoms with van der Waals surface area (Å²) < 4.78 is 18.7. The Morgan fingerprint density at radius 2 is 1.64 bits per heavy atom. The molecule has 1 aliphatic heterocycles. The number of pyridine rings is 1. The lowest BCUT2D eigenvalue weighted by atomic mass is 10.1. The van der Waals surface area contributed by atoms with Crippen LogP contribution >= 0.6 is 0 Å². The first-order valence-electron chi connectivity index (χ1n) is 12.5. The number of aromatic nitrogens is 3. The molecule has 36 heavy (non-hydrogen) atoms. The van der Waals surface area contributed by atoms with E-state index in [1.165, 1.54) is 25.9 Å². The van der Waals surface area contributed by atoms with Crippen molar-refractivity contribution in [2.45, 2.75) is 26.7 Å². The summed E-state index contributed by atoms with van der Waals surface area (Å²) in [6, 6.07) is 19.4. The number of fused-ring (bicyclic) bond motifs is 1. The van der Waals surface area contributed by atoms with Crippen molar-refractivity contribution >= 4 is 17.3 Å². The number of rotatable bonds is 9. The van der Waals surface area contributed by atoms with Crippen LogP contribution in [0.3, 0.4) is 0 Å². The van der Waals surface area contributed by atoms with Gasteiger partial charge in [-0.3, -0.25) is 4.90 Å². The summed E-state index contributed by atoms with van der Waals surface area (Å²) >= 11 is 0. The minimum absolute atomic E-state index is 0.511. The number of nitrogens with zero attached hydrogens (tertiary/aromatic N) is 4. The van der Waals surface area contributed by atoms with Gasteiger partial charge in [-0.2, -0.15) is 4.98 Å². The Morgan fingerprint density at radius 3 is 2.36 bits per heavy atom. The molecule has 1 fully saturated rings. The molecule has 2 aromatic carbocycles. The quantitative estimate of drug-likeness (QED) is 0.325. The first kappa shape index (κ1) is 25.3. The number of ether oxygens (including phenoxy) is 3. The van der Waals surface area contributed by atoms with Gasteiger partial charge in [-0.05, 0) is 80.5 Å². The van der Waals surface area contributed by atoms with E-state index in [2.05, 4.69) is 15.2 Å². The van der Waals surface area contributed by atoms with Crippen LogP contribution in [0.15, 0.2) is 60.7 Å². The lowest BCUT2D eigenvalue weighted by Crippen LogP contribution is -2.25. The molecule has 0 saturated carbocycles. The van der Waals surface area contributed by atoms with Crippen molar-refractivity contribution < 1.29 is 14.2 Å². The van der Waals surface area contributed by atoms with Crippen LogP contribution in [0, 0.1) is 0 Å². The van der Waals surface area contributed by atoms with Crippen LogP contribution in [0.1, 0.15) is 26.7 Å². The smallest absolute Gasteiger partial charge is 0.247 e. The van der Waals surface area contributed by atoms with E-state index in [4.69, 9.17) is 19.3 Å². The molecule has 0 radical (unpaired) electrons. The van der Waals surface area contributed by atoms with Gasteiger partial charge >= 0.3 is 0 Å². The summed E-state index contributed by atoms with van der Waals surface area (Å²) in [6.07, 6.45) is 2.60. The normalized spacial score (nSPS) is 13.2. The predicted molar refractivity (Wildman–Crippen MR) is 144 cm³/mol. The van der Waals surface area contributed by atoms with Crippen LogP contribution < -0.4 is 19.5 Å². The van der Waals surface area contributed by atoms with E-state index in [1.54, 1.807) is 18.7 Å². The van der Waals surface area contributed by atoms with Gasteiger partial charge in [-0.1, -0.05) is 19.9 Å². The van der Waals surface area contributed by atoms with Gasteiger partial charge in [-0.25, -0.2) is 4.52 Å². The average Bonchev–Trinajstić information content (AvgIpc) is 3.60. The highest BCUT2D eigenvalue weighted by Crippen LogP contribution is 2.33. The molecule has 8 heteroatoms. The van der Waals surface area contributed by atoms with Crippen LogP contribution in [0.25, 0.3) is 16.9 Å². The zero-order valence-electron chi connectivity index (χ0n) is 21.5. The molecule has 0 amide bonds. The van der Waals surface area contributed by atoms with E-state index < -0.39 is 0 Å². The Kier molecular flexibility index (Phi) is 8.62. The van der Waals surface area contributed by atoms with Gasteiger partial charge in [0.05, 0.1) is 19.9 Å². The largest absolute Gasteiger partial charge is 0.497 e. The highest BCUT2D eigenvalue weighted by Gasteiger charge is 2.14. The molecule has 4 aromatic rings. The van der Waals surface area contributed by atoms with Gasteiger partial charge in [0.1, 0.15) is 23.9 Å². The molecule has 3 heterocycles. The van der Waals surface area contributed by atoms with E-state index >= 15 is 0 Å². The van der Waals surface area contributed by atoms with Gasteiger partial charge in [0.15, 0.2) is 5.65 Å². The van der Waals surface area contributed by atoms with Crippen LogP contribution in [0.2, 0.25) is 0 Å². The molecule has 0 bridgehead atoms. The fourth-order valence-corrected chi connectivity index (χ4v) is 4.24. The second kappa shape index (κ2) is 12.3. The van der Waals surface area contributed by atoms with Crippen molar-refractivity contribution in [1.29, 1.82) is 0 Å². The summed E-state index contributed by atoms with van der Waals surface area (Å²) in [5, 5.41) is 7.98. The number of anilines is 2. The Labute approximate surface area is 212 Å². The number of benzene rings is 2. The monoisotopic (exact) mass is 489 g/mol. The Hall–Kier alpha value is -3.78. The number of nitrogens with one attached hydrogen (secondary N) is 1. The molecule has 1 aliphatic rings. The van der Waals surface area contributed by atoms with E-state index in [0.717, 1.165) is 46.4 Å². The van der Waals surface area contributed by atoms with Crippen molar-refractivity contribution in [1.82, 2.24) is 19.5 Å². The zero-order valence-corrected chi connectivity index (χ0v) is 21.5. The summed E-state index contributed by atoms with van der Waals surface area (Å²) in [4.78, 5) is 7.09. The molecule has 0 atom stereocenters. The summed E-state index contributed by atoms with van der Waals surface area (Å²) in [6.45, 7) is 8.05. The second-order valence-electron chi connectivity index (χ2n) is 8.23. The molecule has 2 aromatic heterocycles. The second-order valence-corrected chi connectivity index (χ2v) is 8.23. The maximum atomic E-state index is 5.90. The van der Waals surface area contributed by atoms with Crippen molar-refractivity contribution in [3.8, 4) is 28.5 Å². The van der Waals surface area contributed by atoms with Crippen molar-refractivity contribution in [2.75, 3.05) is 45.8 Å². The van der Waals surface area contributed by atoms with Crippen LogP contribution in [-0.2, 0) is 0 Å². The standard InChI is InChI=1S/C26H29N5O3.C2H6/c1-32-21-12-13-24(33-2)22(18-21)23-6-5-7-25-28-26(29-31(23)25)27-19-8-10-20(11-9-19)34-17-16-30-14-3-4-15-30;1-2/h5-13,18H,3-4,14-17H2,1-2H3,(H,27,29);1-2H3. The predicted octanol–water partition coefficient (Wildman–Crippen LogP) is 5.66. The minimum Gasteiger partial charge on any atom is -0.497 e. The Balaban J connectivity index is 0.00000148. The van der Waals surface area contributed by atoms with Crippen molar-refractivity contribution in [2.24, 2.45) is 0 Å².